The Morgan fingerprint density at radius 1 is 1.14 bits per heavy atom. The van der Waals surface area contributed by atoms with Crippen LogP contribution < -0.4 is 10.1 Å². The molecular weight excluding hydrogens is 305 g/mol. The monoisotopic (exact) mass is 321 g/mol. The van der Waals surface area contributed by atoms with Gasteiger partial charge in [0.25, 0.3) is 0 Å². The number of hydrogen-bond acceptors (Lipinski definition) is 2. The molecule has 110 valence electrons. The summed E-state index contributed by atoms with van der Waals surface area (Å²) in [5.74, 6) is 0.916. The molecule has 3 rings (SSSR count). The van der Waals surface area contributed by atoms with Crippen molar-refractivity contribution < 1.29 is 4.74 Å². The molecule has 0 aliphatic heterocycles. The molecule has 0 saturated carbocycles. The number of nitrogens with one attached hydrogen (secondary N) is 1. The van der Waals surface area contributed by atoms with Crippen LogP contribution >= 0.6 is 23.2 Å². The highest BCUT2D eigenvalue weighted by molar-refractivity contribution is 6.36. The standard InChI is InChI=1S/C17H17Cl2NO/c1-21-13-6-7-14-11(9-13)3-2-4-16(14)20-17-8-5-12(18)10-15(17)19/h5-10,16,20H,2-4H2,1H3. The highest BCUT2D eigenvalue weighted by atomic mass is 35.5. The van der Waals surface area contributed by atoms with Gasteiger partial charge in [-0.3, -0.25) is 0 Å². The third-order valence-electron chi connectivity index (χ3n) is 3.93. The zero-order chi connectivity index (χ0) is 14.8. The van der Waals surface area contributed by atoms with E-state index in [1.54, 1.807) is 13.2 Å². The first-order chi connectivity index (χ1) is 10.2. The average Bonchev–Trinajstić information content (AvgIpc) is 2.49. The Balaban J connectivity index is 1.88. The first-order valence-corrected chi connectivity index (χ1v) is 7.81. The Labute approximate surface area is 135 Å². The van der Waals surface area contributed by atoms with Gasteiger partial charge in [-0.2, -0.15) is 0 Å². The topological polar surface area (TPSA) is 21.3 Å². The van der Waals surface area contributed by atoms with E-state index in [0.717, 1.165) is 30.7 Å². The third-order valence-corrected chi connectivity index (χ3v) is 4.47. The second-order valence-corrected chi connectivity index (χ2v) is 6.12. The number of benzene rings is 2. The second kappa shape index (κ2) is 6.17. The van der Waals surface area contributed by atoms with E-state index in [4.69, 9.17) is 27.9 Å². The molecule has 2 nitrogen and oxygen atoms in total. The highest BCUT2D eigenvalue weighted by Crippen LogP contribution is 2.36. The minimum absolute atomic E-state index is 0.276. The Morgan fingerprint density at radius 2 is 2.00 bits per heavy atom. The first kappa shape index (κ1) is 14.6. The van der Waals surface area contributed by atoms with Gasteiger partial charge in [0.1, 0.15) is 5.75 Å². The van der Waals surface area contributed by atoms with E-state index in [2.05, 4.69) is 17.4 Å². The van der Waals surface area contributed by atoms with E-state index in [9.17, 15) is 0 Å². The number of rotatable bonds is 3. The van der Waals surface area contributed by atoms with Gasteiger partial charge in [-0.25, -0.2) is 0 Å². The molecule has 0 fully saturated rings. The quantitative estimate of drug-likeness (QED) is 0.806. The molecule has 0 aromatic heterocycles. The first-order valence-electron chi connectivity index (χ1n) is 7.06. The minimum Gasteiger partial charge on any atom is -0.497 e. The molecule has 0 spiro atoms. The molecule has 2 aromatic rings. The zero-order valence-electron chi connectivity index (χ0n) is 11.8. The maximum atomic E-state index is 6.26. The van der Waals surface area contributed by atoms with E-state index >= 15 is 0 Å². The van der Waals surface area contributed by atoms with E-state index in [1.165, 1.54) is 11.1 Å². The third kappa shape index (κ3) is 3.12. The Morgan fingerprint density at radius 3 is 2.76 bits per heavy atom. The number of hydrogen-bond donors (Lipinski definition) is 1. The lowest BCUT2D eigenvalue weighted by molar-refractivity contribution is 0.413. The van der Waals surface area contributed by atoms with Crippen molar-refractivity contribution >= 4 is 28.9 Å². The Hall–Kier alpha value is -1.38. The number of anilines is 1. The van der Waals surface area contributed by atoms with Crippen molar-refractivity contribution in [1.82, 2.24) is 0 Å². The van der Waals surface area contributed by atoms with Gasteiger partial charge in [-0.1, -0.05) is 29.3 Å². The van der Waals surface area contributed by atoms with Gasteiger partial charge < -0.3 is 10.1 Å². The van der Waals surface area contributed by atoms with E-state index in [1.807, 2.05) is 18.2 Å². The van der Waals surface area contributed by atoms with Crippen molar-refractivity contribution in [3.63, 3.8) is 0 Å². The average molecular weight is 322 g/mol. The van der Waals surface area contributed by atoms with Crippen LogP contribution in [0.15, 0.2) is 36.4 Å². The van der Waals surface area contributed by atoms with Crippen molar-refractivity contribution in [3.05, 3.63) is 57.6 Å². The summed E-state index contributed by atoms with van der Waals surface area (Å²) in [5.41, 5.74) is 3.60. The highest BCUT2D eigenvalue weighted by Gasteiger charge is 2.21. The van der Waals surface area contributed by atoms with Crippen molar-refractivity contribution in [1.29, 1.82) is 0 Å². The molecule has 1 atom stereocenters. The van der Waals surface area contributed by atoms with Crippen LogP contribution in [0.25, 0.3) is 0 Å². The number of halogens is 2. The molecule has 1 unspecified atom stereocenters. The SMILES string of the molecule is COc1ccc2c(c1)CCCC2Nc1ccc(Cl)cc1Cl. The fourth-order valence-electron chi connectivity index (χ4n) is 2.86. The predicted molar refractivity (Wildman–Crippen MR) is 88.8 cm³/mol. The smallest absolute Gasteiger partial charge is 0.119 e. The van der Waals surface area contributed by atoms with Gasteiger partial charge in [0.05, 0.1) is 23.9 Å². The van der Waals surface area contributed by atoms with Crippen molar-refractivity contribution in [2.24, 2.45) is 0 Å². The minimum atomic E-state index is 0.276. The molecule has 0 radical (unpaired) electrons. The maximum absolute atomic E-state index is 6.26. The van der Waals surface area contributed by atoms with Crippen LogP contribution in [-0.2, 0) is 6.42 Å². The molecule has 0 bridgehead atoms. The fourth-order valence-corrected chi connectivity index (χ4v) is 3.32. The summed E-state index contributed by atoms with van der Waals surface area (Å²) in [4.78, 5) is 0. The van der Waals surface area contributed by atoms with Gasteiger partial charge in [-0.15, -0.1) is 0 Å². The molecule has 1 aliphatic carbocycles. The van der Waals surface area contributed by atoms with E-state index in [-0.39, 0.29) is 6.04 Å². The van der Waals surface area contributed by atoms with Crippen molar-refractivity contribution in [2.45, 2.75) is 25.3 Å². The summed E-state index contributed by atoms with van der Waals surface area (Å²) in [6.45, 7) is 0. The van der Waals surface area contributed by atoms with Gasteiger partial charge in [0.2, 0.25) is 0 Å². The van der Waals surface area contributed by atoms with E-state index < -0.39 is 0 Å². The van der Waals surface area contributed by atoms with Gasteiger partial charge in [0, 0.05) is 5.02 Å². The number of aryl methyl sites for hydroxylation is 1. The van der Waals surface area contributed by atoms with Crippen LogP contribution in [0.1, 0.15) is 30.0 Å². The van der Waals surface area contributed by atoms with Crippen LogP contribution in [-0.4, -0.2) is 7.11 Å². The predicted octanol–water partition coefficient (Wildman–Crippen LogP) is 5.49. The normalized spacial score (nSPS) is 17.2. The largest absolute Gasteiger partial charge is 0.497 e. The van der Waals surface area contributed by atoms with Crippen LogP contribution in [0.3, 0.4) is 0 Å². The zero-order valence-corrected chi connectivity index (χ0v) is 13.3. The molecule has 0 saturated heterocycles. The summed E-state index contributed by atoms with van der Waals surface area (Å²) in [7, 11) is 1.70. The maximum Gasteiger partial charge on any atom is 0.119 e. The molecule has 1 N–H and O–H groups in total. The summed E-state index contributed by atoms with van der Waals surface area (Å²) in [6, 6.07) is 12.1. The van der Waals surface area contributed by atoms with Crippen LogP contribution in [0.2, 0.25) is 10.0 Å². The molecule has 2 aromatic carbocycles. The molecule has 0 heterocycles. The lowest BCUT2D eigenvalue weighted by Gasteiger charge is -2.28. The summed E-state index contributed by atoms with van der Waals surface area (Å²) in [5, 5.41) is 4.85. The lowest BCUT2D eigenvalue weighted by atomic mass is 9.87. The fraction of sp³-hybridized carbons (Fsp3) is 0.294. The van der Waals surface area contributed by atoms with E-state index in [0.29, 0.717) is 10.0 Å². The summed E-state index contributed by atoms with van der Waals surface area (Å²) >= 11 is 12.2. The van der Waals surface area contributed by atoms with Crippen LogP contribution in [0.5, 0.6) is 5.75 Å². The van der Waals surface area contributed by atoms with Crippen LogP contribution in [0.4, 0.5) is 5.69 Å². The molecule has 1 aliphatic rings. The Bertz CT molecular complexity index is 657. The van der Waals surface area contributed by atoms with Crippen molar-refractivity contribution in [3.8, 4) is 5.75 Å². The lowest BCUT2D eigenvalue weighted by Crippen LogP contribution is -2.17. The van der Waals surface area contributed by atoms with Gasteiger partial charge >= 0.3 is 0 Å². The van der Waals surface area contributed by atoms with Crippen molar-refractivity contribution in [2.75, 3.05) is 12.4 Å². The molecule has 4 heteroatoms. The number of fused-ring (bicyclic) bond motifs is 1. The number of ether oxygens (including phenoxy) is 1. The Kier molecular flexibility index (Phi) is 4.27. The van der Waals surface area contributed by atoms with Gasteiger partial charge in [-0.05, 0) is 60.7 Å². The van der Waals surface area contributed by atoms with Gasteiger partial charge in [0.15, 0.2) is 0 Å². The second-order valence-electron chi connectivity index (χ2n) is 5.28. The summed E-state index contributed by atoms with van der Waals surface area (Å²) < 4.78 is 5.31. The van der Waals surface area contributed by atoms with Crippen LogP contribution in [0, 0.1) is 0 Å². The summed E-state index contributed by atoms with van der Waals surface area (Å²) in [6.07, 6.45) is 3.35. The molecular formula is C17H17Cl2NO. The number of methoxy groups -OCH3 is 1. The molecule has 0 amide bonds. The molecule has 21 heavy (non-hydrogen) atoms.